The van der Waals surface area contributed by atoms with E-state index in [9.17, 15) is 0 Å². The third kappa shape index (κ3) is 1.52. The third-order valence-electron chi connectivity index (χ3n) is 5.01. The van der Waals surface area contributed by atoms with Gasteiger partial charge in [-0.1, -0.05) is 0 Å². The van der Waals surface area contributed by atoms with Crippen LogP contribution >= 0.6 is 11.3 Å². The summed E-state index contributed by atoms with van der Waals surface area (Å²) in [7, 11) is 0. The molecule has 2 N–H and O–H groups in total. The minimum atomic E-state index is -0.140. The van der Waals surface area contributed by atoms with Crippen molar-refractivity contribution in [2.75, 3.05) is 13.1 Å². The first-order valence-electron chi connectivity index (χ1n) is 7.29. The molecule has 0 radical (unpaired) electrons. The van der Waals surface area contributed by atoms with E-state index in [1.165, 1.54) is 67.2 Å². The molecule has 2 unspecified atom stereocenters. The summed E-state index contributed by atoms with van der Waals surface area (Å²) in [6, 6.07) is 0.560. The quantitative estimate of drug-likeness (QED) is 0.843. The Morgan fingerprint density at radius 1 is 1.22 bits per heavy atom. The zero-order valence-corrected chi connectivity index (χ0v) is 11.6. The van der Waals surface area contributed by atoms with E-state index in [0.717, 1.165) is 6.42 Å². The van der Waals surface area contributed by atoms with Crippen LogP contribution in [0.1, 0.15) is 47.7 Å². The van der Waals surface area contributed by atoms with Crippen LogP contribution in [0, 0.1) is 0 Å². The van der Waals surface area contributed by atoms with Crippen molar-refractivity contribution in [3.05, 3.63) is 15.6 Å². The first-order chi connectivity index (χ1) is 8.77. The van der Waals surface area contributed by atoms with Crippen LogP contribution in [0.15, 0.2) is 0 Å². The van der Waals surface area contributed by atoms with E-state index in [1.807, 2.05) is 11.3 Å². The number of thiazole rings is 1. The van der Waals surface area contributed by atoms with Crippen molar-refractivity contribution in [3.63, 3.8) is 0 Å². The van der Waals surface area contributed by atoms with Gasteiger partial charge in [-0.05, 0) is 51.5 Å². The van der Waals surface area contributed by atoms with E-state index in [1.54, 1.807) is 0 Å². The maximum atomic E-state index is 6.78. The smallest absolute Gasteiger partial charge is 0.115 e. The highest BCUT2D eigenvalue weighted by molar-refractivity contribution is 7.11. The molecule has 0 saturated carbocycles. The fourth-order valence-corrected chi connectivity index (χ4v) is 5.30. The summed E-state index contributed by atoms with van der Waals surface area (Å²) in [6.45, 7) is 2.42. The van der Waals surface area contributed by atoms with Gasteiger partial charge in [-0.25, -0.2) is 4.98 Å². The maximum absolute atomic E-state index is 6.78. The van der Waals surface area contributed by atoms with Gasteiger partial charge in [0.2, 0.25) is 0 Å². The molecule has 3 aliphatic rings. The summed E-state index contributed by atoms with van der Waals surface area (Å²) in [5.41, 5.74) is 8.01. The largest absolute Gasteiger partial charge is 0.318 e. The summed E-state index contributed by atoms with van der Waals surface area (Å²) in [6.07, 6.45) is 8.73. The van der Waals surface area contributed by atoms with E-state index < -0.39 is 0 Å². The molecule has 2 atom stereocenters. The Hall–Kier alpha value is -0.450. The van der Waals surface area contributed by atoms with Crippen LogP contribution < -0.4 is 5.73 Å². The van der Waals surface area contributed by atoms with E-state index >= 15 is 0 Å². The van der Waals surface area contributed by atoms with Crippen molar-refractivity contribution in [3.8, 4) is 0 Å². The van der Waals surface area contributed by atoms with Crippen LogP contribution in [0.2, 0.25) is 0 Å². The van der Waals surface area contributed by atoms with Crippen LogP contribution in [0.3, 0.4) is 0 Å². The lowest BCUT2D eigenvalue weighted by Gasteiger charge is -2.29. The first-order valence-corrected chi connectivity index (χ1v) is 8.11. The Balaban J connectivity index is 1.71. The highest BCUT2D eigenvalue weighted by Crippen LogP contribution is 2.43. The number of hydrogen-bond donors (Lipinski definition) is 1. The summed E-state index contributed by atoms with van der Waals surface area (Å²) in [5, 5.41) is 1.24. The maximum Gasteiger partial charge on any atom is 0.115 e. The second-order valence-electron chi connectivity index (χ2n) is 6.08. The number of nitrogens with two attached hydrogens (primary N) is 1. The Bertz CT molecular complexity index is 446. The zero-order valence-electron chi connectivity index (χ0n) is 10.8. The van der Waals surface area contributed by atoms with Crippen LogP contribution in [-0.2, 0) is 18.4 Å². The van der Waals surface area contributed by atoms with Crippen molar-refractivity contribution in [2.45, 2.75) is 56.5 Å². The summed E-state index contributed by atoms with van der Waals surface area (Å²) in [4.78, 5) is 9.04. The molecule has 4 rings (SSSR count). The predicted molar refractivity (Wildman–Crippen MR) is 73.8 cm³/mol. The predicted octanol–water partition coefficient (Wildman–Crippen LogP) is 2.04. The molecule has 0 amide bonds. The lowest BCUT2D eigenvalue weighted by atomic mass is 9.90. The van der Waals surface area contributed by atoms with Crippen molar-refractivity contribution in [1.82, 2.24) is 9.88 Å². The molecule has 2 aliphatic heterocycles. The average molecular weight is 263 g/mol. The van der Waals surface area contributed by atoms with Crippen LogP contribution in [-0.4, -0.2) is 29.0 Å². The van der Waals surface area contributed by atoms with E-state index in [-0.39, 0.29) is 5.54 Å². The molecule has 1 aromatic rings. The van der Waals surface area contributed by atoms with Gasteiger partial charge in [-0.15, -0.1) is 11.3 Å². The molecule has 3 heterocycles. The number of aromatic nitrogens is 1. The fraction of sp³-hybridized carbons (Fsp3) is 0.786. The summed E-state index contributed by atoms with van der Waals surface area (Å²) < 4.78 is 0. The molecular weight excluding hydrogens is 242 g/mol. The molecule has 98 valence electrons. The molecule has 18 heavy (non-hydrogen) atoms. The van der Waals surface area contributed by atoms with Gasteiger partial charge < -0.3 is 5.73 Å². The monoisotopic (exact) mass is 263 g/mol. The van der Waals surface area contributed by atoms with Gasteiger partial charge in [0.25, 0.3) is 0 Å². The number of fused-ring (bicyclic) bond motifs is 2. The first kappa shape index (κ1) is 11.4. The molecule has 1 aliphatic carbocycles. The normalized spacial score (nSPS) is 35.7. The van der Waals surface area contributed by atoms with Gasteiger partial charge in [0.1, 0.15) is 5.01 Å². The van der Waals surface area contributed by atoms with Gasteiger partial charge in [0.15, 0.2) is 0 Å². The average Bonchev–Trinajstić information content (AvgIpc) is 3.06. The van der Waals surface area contributed by atoms with Crippen molar-refractivity contribution < 1.29 is 0 Å². The molecule has 2 saturated heterocycles. The minimum absolute atomic E-state index is 0.140. The zero-order chi connectivity index (χ0) is 12.2. The Kier molecular flexibility index (Phi) is 2.54. The number of aryl methyl sites for hydroxylation is 2. The highest BCUT2D eigenvalue weighted by atomic mass is 32.1. The molecule has 2 fully saturated rings. The van der Waals surface area contributed by atoms with Crippen LogP contribution in [0.25, 0.3) is 0 Å². The van der Waals surface area contributed by atoms with Crippen molar-refractivity contribution >= 4 is 11.3 Å². The molecule has 3 nitrogen and oxygen atoms in total. The van der Waals surface area contributed by atoms with Crippen molar-refractivity contribution in [1.29, 1.82) is 0 Å². The molecule has 4 heteroatoms. The lowest BCUT2D eigenvalue weighted by molar-refractivity contribution is 0.265. The Labute approximate surface area is 112 Å². The van der Waals surface area contributed by atoms with Gasteiger partial charge in [0.05, 0.1) is 11.2 Å². The SMILES string of the molecule is NC1(c2nc3c(s2)CCCC3)CCN2CCCC21. The molecule has 0 aromatic carbocycles. The topological polar surface area (TPSA) is 42.1 Å². The van der Waals surface area contributed by atoms with Crippen molar-refractivity contribution in [2.24, 2.45) is 5.73 Å². The third-order valence-corrected chi connectivity index (χ3v) is 6.37. The molecule has 1 aromatic heterocycles. The van der Waals surface area contributed by atoms with Crippen LogP contribution in [0.4, 0.5) is 0 Å². The van der Waals surface area contributed by atoms with Crippen LogP contribution in [0.5, 0.6) is 0 Å². The van der Waals surface area contributed by atoms with Gasteiger partial charge in [-0.2, -0.15) is 0 Å². The van der Waals surface area contributed by atoms with Gasteiger partial charge in [0, 0.05) is 17.5 Å². The fourth-order valence-electron chi connectivity index (χ4n) is 3.97. The summed E-state index contributed by atoms with van der Waals surface area (Å²) >= 11 is 1.92. The number of rotatable bonds is 1. The van der Waals surface area contributed by atoms with Gasteiger partial charge in [-0.3, -0.25) is 4.90 Å². The second kappa shape index (κ2) is 4.02. The highest BCUT2D eigenvalue weighted by Gasteiger charge is 2.49. The standard InChI is InChI=1S/C14H21N3S/c15-14(7-9-17-8-3-6-12(14)17)13-16-10-4-1-2-5-11(10)18-13/h12H,1-9,15H2. The minimum Gasteiger partial charge on any atom is -0.318 e. The Morgan fingerprint density at radius 3 is 3.00 bits per heavy atom. The van der Waals surface area contributed by atoms with E-state index in [0.29, 0.717) is 6.04 Å². The van der Waals surface area contributed by atoms with E-state index in [4.69, 9.17) is 10.7 Å². The second-order valence-corrected chi connectivity index (χ2v) is 7.16. The van der Waals surface area contributed by atoms with E-state index in [2.05, 4.69) is 4.90 Å². The van der Waals surface area contributed by atoms with Gasteiger partial charge >= 0.3 is 0 Å². The number of hydrogen-bond acceptors (Lipinski definition) is 4. The lowest BCUT2D eigenvalue weighted by Crippen LogP contribution is -2.46. The molecular formula is C14H21N3S. The summed E-state index contributed by atoms with van der Waals surface area (Å²) in [5.74, 6) is 0. The Morgan fingerprint density at radius 2 is 2.11 bits per heavy atom. The molecule has 0 spiro atoms. The molecule has 0 bridgehead atoms. The number of nitrogens with zero attached hydrogens (tertiary/aromatic N) is 2.